The number of hydrogen-bond donors (Lipinski definition) is 1. The Hall–Kier alpha value is -3.88. The second-order valence-corrected chi connectivity index (χ2v) is 13.5. The lowest BCUT2D eigenvalue weighted by atomic mass is 9.96. The average molecular weight is 670 g/mol. The standard InChI is InChI=1S/C38H38Cl2N4O3/c1-47-36-19-28(34(39)18-29(36)23-43-17-14-27(22-43)38(45)46)24-44-35-9-5-7-31(33(35)20-41-44)32-8-4-6-30(37(32)40)26-12-10-25(11-13-26)21-42-15-2-3-16-42/h4-13,18-20,27H,2-3,14-17,21-24H2,1H3,(H,45,46). The number of likely N-dealkylation sites (tertiary alicyclic amines) is 2. The molecule has 0 aliphatic carbocycles. The molecule has 1 aromatic heterocycles. The molecule has 0 amide bonds. The van der Waals surface area contributed by atoms with E-state index < -0.39 is 5.97 Å². The van der Waals surface area contributed by atoms with Crippen molar-refractivity contribution in [3.63, 3.8) is 0 Å². The maximum atomic E-state index is 11.4. The first-order chi connectivity index (χ1) is 22.9. The first kappa shape index (κ1) is 31.7. The third-order valence-electron chi connectivity index (χ3n) is 9.63. The Morgan fingerprint density at radius 3 is 2.36 bits per heavy atom. The van der Waals surface area contributed by atoms with Crippen molar-refractivity contribution in [3.05, 3.63) is 106 Å². The lowest BCUT2D eigenvalue weighted by Gasteiger charge is -2.19. The summed E-state index contributed by atoms with van der Waals surface area (Å²) >= 11 is 14.0. The highest BCUT2D eigenvalue weighted by Gasteiger charge is 2.28. The van der Waals surface area contributed by atoms with Crippen molar-refractivity contribution in [2.75, 3.05) is 33.3 Å². The van der Waals surface area contributed by atoms with Crippen LogP contribution in [0.5, 0.6) is 5.75 Å². The topological polar surface area (TPSA) is 70.8 Å². The van der Waals surface area contributed by atoms with E-state index in [0.29, 0.717) is 31.1 Å². The van der Waals surface area contributed by atoms with E-state index in [-0.39, 0.29) is 5.92 Å². The summed E-state index contributed by atoms with van der Waals surface area (Å²) in [5.74, 6) is -0.342. The summed E-state index contributed by atoms with van der Waals surface area (Å²) < 4.78 is 7.71. The first-order valence-corrected chi connectivity index (χ1v) is 17.0. The van der Waals surface area contributed by atoms with Crippen LogP contribution in [0.15, 0.2) is 79.0 Å². The van der Waals surface area contributed by atoms with E-state index in [2.05, 4.69) is 64.4 Å². The smallest absolute Gasteiger partial charge is 0.307 e. The summed E-state index contributed by atoms with van der Waals surface area (Å²) in [6.07, 6.45) is 5.13. The van der Waals surface area contributed by atoms with Crippen LogP contribution in [0.3, 0.4) is 0 Å². The van der Waals surface area contributed by atoms with E-state index in [4.69, 9.17) is 33.0 Å². The molecule has 2 saturated heterocycles. The molecule has 0 spiro atoms. The molecule has 5 aromatic rings. The first-order valence-electron chi connectivity index (χ1n) is 16.2. The van der Waals surface area contributed by atoms with Crippen LogP contribution in [0.1, 0.15) is 36.0 Å². The number of hydrogen-bond acceptors (Lipinski definition) is 5. The minimum Gasteiger partial charge on any atom is -0.496 e. The van der Waals surface area contributed by atoms with Gasteiger partial charge in [-0.1, -0.05) is 77.8 Å². The number of nitrogens with zero attached hydrogens (tertiary/aromatic N) is 4. The zero-order chi connectivity index (χ0) is 32.5. The number of aromatic nitrogens is 2. The van der Waals surface area contributed by atoms with Gasteiger partial charge in [-0.2, -0.15) is 5.10 Å². The summed E-state index contributed by atoms with van der Waals surface area (Å²) in [7, 11) is 1.65. The van der Waals surface area contributed by atoms with Crippen LogP contribution in [0.4, 0.5) is 0 Å². The van der Waals surface area contributed by atoms with Gasteiger partial charge in [0.25, 0.3) is 0 Å². The monoisotopic (exact) mass is 668 g/mol. The maximum absolute atomic E-state index is 11.4. The molecular weight excluding hydrogens is 631 g/mol. The molecule has 2 aliphatic rings. The van der Waals surface area contributed by atoms with Gasteiger partial charge in [0, 0.05) is 46.7 Å². The Balaban J connectivity index is 1.13. The van der Waals surface area contributed by atoms with Gasteiger partial charge in [0.15, 0.2) is 0 Å². The summed E-state index contributed by atoms with van der Waals surface area (Å²) in [6.45, 7) is 5.67. The van der Waals surface area contributed by atoms with E-state index in [0.717, 1.165) is 68.1 Å². The fraction of sp³-hybridized carbons (Fsp3) is 0.316. The van der Waals surface area contributed by atoms with Crippen molar-refractivity contribution in [3.8, 4) is 28.0 Å². The molecule has 9 heteroatoms. The number of benzene rings is 4. The van der Waals surface area contributed by atoms with Gasteiger partial charge in [-0.15, -0.1) is 0 Å². The normalized spacial score (nSPS) is 17.1. The quantitative estimate of drug-likeness (QED) is 0.162. The van der Waals surface area contributed by atoms with E-state index >= 15 is 0 Å². The Labute approximate surface area is 285 Å². The van der Waals surface area contributed by atoms with Crippen LogP contribution in [0.2, 0.25) is 10.0 Å². The van der Waals surface area contributed by atoms with Crippen molar-refractivity contribution in [2.24, 2.45) is 5.92 Å². The van der Waals surface area contributed by atoms with Crippen molar-refractivity contribution in [1.82, 2.24) is 19.6 Å². The molecule has 2 fully saturated rings. The molecule has 4 aromatic carbocycles. The highest BCUT2D eigenvalue weighted by molar-refractivity contribution is 6.36. The Morgan fingerprint density at radius 2 is 1.62 bits per heavy atom. The third-order valence-corrected chi connectivity index (χ3v) is 10.4. The Morgan fingerprint density at radius 1 is 0.872 bits per heavy atom. The molecule has 47 heavy (non-hydrogen) atoms. The number of carbonyl (C=O) groups is 1. The summed E-state index contributed by atoms with van der Waals surface area (Å²) in [5, 5.41) is 16.5. The van der Waals surface area contributed by atoms with Crippen LogP contribution < -0.4 is 4.74 Å². The lowest BCUT2D eigenvalue weighted by molar-refractivity contribution is -0.141. The number of carboxylic acid groups (broad SMARTS) is 1. The maximum Gasteiger partial charge on any atom is 0.307 e. The average Bonchev–Trinajstić information content (AvgIpc) is 3.85. The number of ether oxygens (including phenoxy) is 1. The van der Waals surface area contributed by atoms with E-state index in [9.17, 15) is 9.90 Å². The van der Waals surface area contributed by atoms with E-state index in [1.165, 1.54) is 31.5 Å². The molecule has 7 rings (SSSR count). The van der Waals surface area contributed by atoms with E-state index in [1.54, 1.807) is 7.11 Å². The summed E-state index contributed by atoms with van der Waals surface area (Å²) in [5.41, 5.74) is 8.23. The highest BCUT2D eigenvalue weighted by atomic mass is 35.5. The molecule has 0 bridgehead atoms. The third kappa shape index (κ3) is 6.63. The molecule has 1 atom stereocenters. The molecule has 1 N–H and O–H groups in total. The minimum atomic E-state index is -0.740. The van der Waals surface area contributed by atoms with Gasteiger partial charge in [-0.25, -0.2) is 0 Å². The summed E-state index contributed by atoms with van der Waals surface area (Å²) in [6, 6.07) is 25.1. The van der Waals surface area contributed by atoms with Crippen LogP contribution >= 0.6 is 23.2 Å². The van der Waals surface area contributed by atoms with Gasteiger partial charge in [-0.3, -0.25) is 19.3 Å². The Bertz CT molecular complexity index is 1920. The molecule has 1 unspecified atom stereocenters. The predicted octanol–water partition coefficient (Wildman–Crippen LogP) is 8.24. The SMILES string of the molecule is COc1cc(Cn2ncc3c(-c4cccc(-c5ccc(CN6CCCC6)cc5)c4Cl)cccc32)c(Cl)cc1CN1CCC(C(=O)O)C1. The second-order valence-electron chi connectivity index (χ2n) is 12.7. The minimum absolute atomic E-state index is 0.331. The molecule has 242 valence electrons. The summed E-state index contributed by atoms with van der Waals surface area (Å²) in [4.78, 5) is 16.1. The second kappa shape index (κ2) is 13.7. The lowest BCUT2D eigenvalue weighted by Crippen LogP contribution is -2.23. The number of halogens is 2. The van der Waals surface area contributed by atoms with Crippen molar-refractivity contribution >= 4 is 40.1 Å². The van der Waals surface area contributed by atoms with Crippen LogP contribution in [0, 0.1) is 5.92 Å². The van der Waals surface area contributed by atoms with Gasteiger partial charge in [0.05, 0.1) is 36.3 Å². The number of rotatable bonds is 10. The van der Waals surface area contributed by atoms with Gasteiger partial charge < -0.3 is 9.84 Å². The van der Waals surface area contributed by atoms with Gasteiger partial charge in [-0.05, 0) is 79.3 Å². The Kier molecular flexibility index (Phi) is 9.24. The van der Waals surface area contributed by atoms with Crippen molar-refractivity contribution in [2.45, 2.75) is 38.9 Å². The van der Waals surface area contributed by atoms with Gasteiger partial charge in [0.2, 0.25) is 0 Å². The molecule has 0 radical (unpaired) electrons. The number of aliphatic carboxylic acids is 1. The van der Waals surface area contributed by atoms with Crippen molar-refractivity contribution in [1.29, 1.82) is 0 Å². The zero-order valence-electron chi connectivity index (χ0n) is 26.5. The van der Waals surface area contributed by atoms with Crippen LogP contribution in [-0.2, 0) is 24.4 Å². The number of fused-ring (bicyclic) bond motifs is 1. The number of methoxy groups -OCH3 is 1. The molecule has 2 aliphatic heterocycles. The van der Waals surface area contributed by atoms with Gasteiger partial charge >= 0.3 is 5.97 Å². The molecule has 0 saturated carbocycles. The molecule has 7 nitrogen and oxygen atoms in total. The molecular formula is C38H38Cl2N4O3. The highest BCUT2D eigenvalue weighted by Crippen LogP contribution is 2.40. The van der Waals surface area contributed by atoms with Crippen molar-refractivity contribution < 1.29 is 14.6 Å². The molecule has 3 heterocycles. The zero-order valence-corrected chi connectivity index (χ0v) is 28.0. The van der Waals surface area contributed by atoms with Gasteiger partial charge in [0.1, 0.15) is 5.75 Å². The van der Waals surface area contributed by atoms with E-state index in [1.807, 2.05) is 29.1 Å². The fourth-order valence-corrected chi connectivity index (χ4v) is 7.65. The fourth-order valence-electron chi connectivity index (χ4n) is 7.07. The number of carboxylic acids is 1. The van der Waals surface area contributed by atoms with Crippen LogP contribution in [0.25, 0.3) is 33.2 Å². The predicted molar refractivity (Wildman–Crippen MR) is 188 cm³/mol. The van der Waals surface area contributed by atoms with Crippen LogP contribution in [-0.4, -0.2) is 63.9 Å². The largest absolute Gasteiger partial charge is 0.496 e.